The molecule has 2 amide bonds. The van der Waals surface area contributed by atoms with Crippen molar-refractivity contribution >= 4 is 35.0 Å². The first kappa shape index (κ1) is 25.3. The predicted octanol–water partition coefficient (Wildman–Crippen LogP) is 7.24. The van der Waals surface area contributed by atoms with Crippen LogP contribution in [-0.4, -0.2) is 23.1 Å². The largest absolute Gasteiger partial charge is 0.435 e. The van der Waals surface area contributed by atoms with E-state index in [2.05, 4.69) is 48.5 Å². The highest BCUT2D eigenvalue weighted by Gasteiger charge is 2.23. The van der Waals surface area contributed by atoms with E-state index in [0.29, 0.717) is 28.6 Å². The molecule has 0 spiro atoms. The Kier molecular flexibility index (Phi) is 7.31. The smallest absolute Gasteiger partial charge is 0.278 e. The monoisotopic (exact) mass is 499 g/mol. The lowest BCUT2D eigenvalue weighted by molar-refractivity contribution is -0.114. The normalized spacial score (nSPS) is 11.2. The average Bonchev–Trinajstić information content (AvgIpc) is 3.29. The molecule has 1 heterocycles. The third-order valence-corrected chi connectivity index (χ3v) is 6.36. The van der Waals surface area contributed by atoms with Crippen LogP contribution < -0.4 is 10.6 Å². The van der Waals surface area contributed by atoms with E-state index < -0.39 is 0 Å². The van der Waals surface area contributed by atoms with Crippen LogP contribution in [0.5, 0.6) is 0 Å². The van der Waals surface area contributed by atoms with Crippen molar-refractivity contribution in [3.63, 3.8) is 0 Å². The number of nitrogens with zero attached hydrogens (tertiary/aromatic N) is 1. The van der Waals surface area contributed by atoms with Crippen LogP contribution in [-0.2, 0) is 10.2 Å². The van der Waals surface area contributed by atoms with E-state index in [-0.39, 0.29) is 22.9 Å². The molecule has 0 atom stereocenters. The summed E-state index contributed by atoms with van der Waals surface area (Å²) in [7, 11) is 0. The van der Waals surface area contributed by atoms with Gasteiger partial charge in [-0.05, 0) is 71.8 Å². The van der Waals surface area contributed by atoms with Crippen molar-refractivity contribution in [2.45, 2.75) is 38.0 Å². The molecule has 4 rings (SSSR count). The topological polar surface area (TPSA) is 84.2 Å². The van der Waals surface area contributed by atoms with E-state index in [1.165, 1.54) is 12.5 Å². The van der Waals surface area contributed by atoms with Gasteiger partial charge >= 0.3 is 0 Å². The lowest BCUT2D eigenvalue weighted by Gasteiger charge is -2.18. The summed E-state index contributed by atoms with van der Waals surface area (Å²) in [6.07, 6.45) is 1.98. The van der Waals surface area contributed by atoms with E-state index >= 15 is 0 Å². The minimum atomic E-state index is -0.365. The SMILES string of the molecule is CSc1cccc(NC(=O)c2nc(-c3ccc(C(C)(C)C)cc3)oc2-c2ccc(NC(C)=O)cc2)c1. The molecule has 7 heteroatoms. The molecule has 0 aliphatic carbocycles. The molecule has 6 nitrogen and oxygen atoms in total. The molecule has 1 aromatic heterocycles. The van der Waals surface area contributed by atoms with Crippen LogP contribution in [0.2, 0.25) is 0 Å². The van der Waals surface area contributed by atoms with Crippen LogP contribution in [0.1, 0.15) is 43.7 Å². The third-order valence-electron chi connectivity index (χ3n) is 5.64. The quantitative estimate of drug-likeness (QED) is 0.273. The van der Waals surface area contributed by atoms with Crippen LogP contribution in [0.15, 0.2) is 82.1 Å². The number of rotatable bonds is 6. The fourth-order valence-electron chi connectivity index (χ4n) is 3.71. The van der Waals surface area contributed by atoms with Gasteiger partial charge in [0.1, 0.15) is 0 Å². The number of carbonyl (C=O) groups is 2. The summed E-state index contributed by atoms with van der Waals surface area (Å²) in [5.74, 6) is 0.198. The molecular weight excluding hydrogens is 470 g/mol. The molecule has 0 saturated carbocycles. The molecule has 4 aromatic rings. The minimum Gasteiger partial charge on any atom is -0.435 e. The first-order valence-corrected chi connectivity index (χ1v) is 12.8. The number of carbonyl (C=O) groups excluding carboxylic acids is 2. The molecule has 0 aliphatic heterocycles. The molecule has 0 saturated heterocycles. The Morgan fingerprint density at radius 3 is 2.14 bits per heavy atom. The zero-order valence-corrected chi connectivity index (χ0v) is 21.8. The zero-order chi connectivity index (χ0) is 25.9. The standard InChI is InChI=1S/C29H29N3O3S/c1-18(33)30-22-15-11-19(12-16-22)26-25(27(34)31-23-7-6-8-24(17-23)36-5)32-28(35-26)20-9-13-21(14-10-20)29(2,3)4/h6-17H,1-5H3,(H,30,33)(H,31,34). The second-order valence-corrected chi connectivity index (χ2v) is 10.3. The van der Waals surface area contributed by atoms with Gasteiger partial charge in [-0.25, -0.2) is 4.98 Å². The second-order valence-electron chi connectivity index (χ2n) is 9.47. The van der Waals surface area contributed by atoms with Gasteiger partial charge in [-0.3, -0.25) is 9.59 Å². The van der Waals surface area contributed by atoms with Gasteiger partial charge in [0.05, 0.1) is 0 Å². The summed E-state index contributed by atoms with van der Waals surface area (Å²) in [5, 5.41) is 5.69. The zero-order valence-electron chi connectivity index (χ0n) is 21.0. The Balaban J connectivity index is 1.73. The molecule has 3 aromatic carbocycles. The first-order valence-electron chi connectivity index (χ1n) is 11.6. The van der Waals surface area contributed by atoms with Crippen molar-refractivity contribution < 1.29 is 14.0 Å². The molecule has 2 N–H and O–H groups in total. The number of aromatic nitrogens is 1. The lowest BCUT2D eigenvalue weighted by Crippen LogP contribution is -2.13. The van der Waals surface area contributed by atoms with Crippen molar-refractivity contribution in [1.82, 2.24) is 4.98 Å². The fourth-order valence-corrected chi connectivity index (χ4v) is 4.16. The summed E-state index contributed by atoms with van der Waals surface area (Å²) in [5.41, 5.74) is 4.19. The first-order chi connectivity index (χ1) is 17.1. The summed E-state index contributed by atoms with van der Waals surface area (Å²) in [6, 6.07) is 22.8. The van der Waals surface area contributed by atoms with Crippen molar-refractivity contribution in [3.05, 3.63) is 84.1 Å². The second kappa shape index (κ2) is 10.4. The van der Waals surface area contributed by atoms with Crippen LogP contribution >= 0.6 is 11.8 Å². The molecule has 0 radical (unpaired) electrons. The van der Waals surface area contributed by atoms with Crippen molar-refractivity contribution in [1.29, 1.82) is 0 Å². The Bertz CT molecular complexity index is 1380. The van der Waals surface area contributed by atoms with E-state index in [1.54, 1.807) is 36.0 Å². The highest BCUT2D eigenvalue weighted by atomic mass is 32.2. The van der Waals surface area contributed by atoms with Gasteiger partial charge in [0.2, 0.25) is 11.8 Å². The number of anilines is 2. The van der Waals surface area contributed by atoms with Crippen molar-refractivity contribution in [2.24, 2.45) is 0 Å². The highest BCUT2D eigenvalue weighted by Crippen LogP contribution is 2.33. The van der Waals surface area contributed by atoms with Crippen molar-refractivity contribution in [3.8, 4) is 22.8 Å². The van der Waals surface area contributed by atoms with E-state index in [4.69, 9.17) is 4.42 Å². The Labute approximate surface area is 215 Å². The maximum Gasteiger partial charge on any atom is 0.278 e. The van der Waals surface area contributed by atoms with Gasteiger partial charge in [0.25, 0.3) is 5.91 Å². The molecule has 0 fully saturated rings. The number of benzene rings is 3. The molecule has 0 aliphatic rings. The van der Waals surface area contributed by atoms with E-state index in [0.717, 1.165) is 10.5 Å². The average molecular weight is 500 g/mol. The van der Waals surface area contributed by atoms with Gasteiger partial charge in [0.15, 0.2) is 11.5 Å². The van der Waals surface area contributed by atoms with Crippen LogP contribution in [0.25, 0.3) is 22.8 Å². The predicted molar refractivity (Wildman–Crippen MR) is 147 cm³/mol. The van der Waals surface area contributed by atoms with Gasteiger partial charge in [-0.1, -0.05) is 39.0 Å². The van der Waals surface area contributed by atoms with E-state index in [1.807, 2.05) is 42.7 Å². The number of oxazole rings is 1. The number of nitrogens with one attached hydrogen (secondary N) is 2. The molecular formula is C29H29N3O3S. The summed E-state index contributed by atoms with van der Waals surface area (Å²) in [6.45, 7) is 7.93. The lowest BCUT2D eigenvalue weighted by atomic mass is 9.87. The molecule has 0 bridgehead atoms. The summed E-state index contributed by atoms with van der Waals surface area (Å²) < 4.78 is 6.17. The summed E-state index contributed by atoms with van der Waals surface area (Å²) in [4.78, 5) is 30.4. The number of hydrogen-bond donors (Lipinski definition) is 2. The Hall–Kier alpha value is -3.84. The molecule has 184 valence electrons. The van der Waals surface area contributed by atoms with Crippen molar-refractivity contribution in [2.75, 3.05) is 16.9 Å². The van der Waals surface area contributed by atoms with Crippen LogP contribution in [0, 0.1) is 0 Å². The van der Waals surface area contributed by atoms with Crippen LogP contribution in [0.3, 0.4) is 0 Å². The van der Waals surface area contributed by atoms with Gasteiger partial charge < -0.3 is 15.1 Å². The number of thioether (sulfide) groups is 1. The summed E-state index contributed by atoms with van der Waals surface area (Å²) >= 11 is 1.60. The van der Waals surface area contributed by atoms with Crippen LogP contribution in [0.4, 0.5) is 11.4 Å². The molecule has 36 heavy (non-hydrogen) atoms. The maximum absolute atomic E-state index is 13.4. The number of hydrogen-bond acceptors (Lipinski definition) is 5. The maximum atomic E-state index is 13.4. The fraction of sp³-hybridized carbons (Fsp3) is 0.207. The Morgan fingerprint density at radius 1 is 0.861 bits per heavy atom. The number of amides is 2. The third kappa shape index (κ3) is 5.86. The van der Waals surface area contributed by atoms with E-state index in [9.17, 15) is 9.59 Å². The Morgan fingerprint density at radius 2 is 1.53 bits per heavy atom. The van der Waals surface area contributed by atoms with Gasteiger partial charge in [-0.2, -0.15) is 0 Å². The van der Waals surface area contributed by atoms with Gasteiger partial charge in [0, 0.05) is 34.3 Å². The highest BCUT2D eigenvalue weighted by molar-refractivity contribution is 7.98. The minimum absolute atomic E-state index is 0.0201. The molecule has 0 unspecified atom stereocenters. The van der Waals surface area contributed by atoms with Gasteiger partial charge in [-0.15, -0.1) is 11.8 Å².